The number of hydrogen-bond donors (Lipinski definition) is 3. The molecule has 5 nitrogen and oxygen atoms in total. The lowest BCUT2D eigenvalue weighted by atomic mass is 9.89. The molecule has 1 aromatic rings. The van der Waals surface area contributed by atoms with Gasteiger partial charge in [-0.2, -0.15) is 0 Å². The third kappa shape index (κ3) is 7.42. The Balaban J connectivity index is 1.68. The van der Waals surface area contributed by atoms with Gasteiger partial charge in [-0.1, -0.05) is 31.4 Å². The summed E-state index contributed by atoms with van der Waals surface area (Å²) in [4.78, 5) is 16.6. The Morgan fingerprint density at radius 2 is 1.92 bits per heavy atom. The number of benzene rings is 1. The SMILES string of the molecule is CCNC(=NCCc1cccc(F)c1)NCCNC(=O)C1CCCCC1. The van der Waals surface area contributed by atoms with Gasteiger partial charge in [0.25, 0.3) is 0 Å². The molecule has 144 valence electrons. The molecule has 0 atom stereocenters. The van der Waals surface area contributed by atoms with E-state index in [2.05, 4.69) is 20.9 Å². The molecule has 3 N–H and O–H groups in total. The second kappa shape index (κ2) is 11.5. The van der Waals surface area contributed by atoms with Crippen molar-refractivity contribution in [3.8, 4) is 0 Å². The van der Waals surface area contributed by atoms with E-state index in [4.69, 9.17) is 0 Å². The molecule has 0 spiro atoms. The minimum Gasteiger partial charge on any atom is -0.357 e. The van der Waals surface area contributed by atoms with E-state index in [1.54, 1.807) is 6.07 Å². The van der Waals surface area contributed by atoms with Gasteiger partial charge in [0.05, 0.1) is 0 Å². The molecule has 0 bridgehead atoms. The van der Waals surface area contributed by atoms with Crippen LogP contribution in [0.4, 0.5) is 4.39 Å². The Kier molecular flexibility index (Phi) is 8.93. The highest BCUT2D eigenvalue weighted by Gasteiger charge is 2.20. The highest BCUT2D eigenvalue weighted by Crippen LogP contribution is 2.23. The number of nitrogens with one attached hydrogen (secondary N) is 3. The van der Waals surface area contributed by atoms with Gasteiger partial charge in [-0.15, -0.1) is 0 Å². The number of guanidine groups is 1. The van der Waals surface area contributed by atoms with Gasteiger partial charge in [-0.25, -0.2) is 4.39 Å². The number of carbonyl (C=O) groups excluding carboxylic acids is 1. The monoisotopic (exact) mass is 362 g/mol. The van der Waals surface area contributed by atoms with Crippen LogP contribution in [0.5, 0.6) is 0 Å². The van der Waals surface area contributed by atoms with Gasteiger partial charge < -0.3 is 16.0 Å². The molecule has 0 radical (unpaired) electrons. The molecule has 1 fully saturated rings. The highest BCUT2D eigenvalue weighted by atomic mass is 19.1. The summed E-state index contributed by atoms with van der Waals surface area (Å²) in [6, 6.07) is 6.60. The molecule has 26 heavy (non-hydrogen) atoms. The fourth-order valence-corrected chi connectivity index (χ4v) is 3.21. The summed E-state index contributed by atoms with van der Waals surface area (Å²) in [6.07, 6.45) is 6.31. The van der Waals surface area contributed by atoms with Crippen LogP contribution in [0.15, 0.2) is 29.3 Å². The van der Waals surface area contributed by atoms with E-state index in [-0.39, 0.29) is 17.6 Å². The standard InChI is InChI=1S/C20H31FN4O/c1-2-22-20(24-12-11-16-7-6-10-18(21)15-16)25-14-13-23-19(26)17-8-4-3-5-9-17/h6-7,10,15,17H,2-5,8-9,11-14H2,1H3,(H,23,26)(H2,22,24,25). The number of amides is 1. The molecule has 0 aromatic heterocycles. The van der Waals surface area contributed by atoms with Gasteiger partial charge in [0.2, 0.25) is 5.91 Å². The van der Waals surface area contributed by atoms with Crippen molar-refractivity contribution in [2.24, 2.45) is 10.9 Å². The van der Waals surface area contributed by atoms with Crippen LogP contribution in [0, 0.1) is 11.7 Å². The first-order valence-electron chi connectivity index (χ1n) is 9.73. The molecule has 1 aromatic carbocycles. The number of halogens is 1. The first kappa shape index (κ1) is 20.2. The lowest BCUT2D eigenvalue weighted by molar-refractivity contribution is -0.125. The molecule has 0 aliphatic heterocycles. The van der Waals surface area contributed by atoms with Crippen molar-refractivity contribution < 1.29 is 9.18 Å². The number of aliphatic imine (C=N–C) groups is 1. The van der Waals surface area contributed by atoms with Crippen LogP contribution in [0.25, 0.3) is 0 Å². The summed E-state index contributed by atoms with van der Waals surface area (Å²) in [5.41, 5.74) is 0.935. The Morgan fingerprint density at radius 1 is 1.15 bits per heavy atom. The molecule has 1 aliphatic rings. The van der Waals surface area contributed by atoms with E-state index < -0.39 is 0 Å². The second-order valence-electron chi connectivity index (χ2n) is 6.69. The second-order valence-corrected chi connectivity index (χ2v) is 6.69. The molecule has 6 heteroatoms. The zero-order chi connectivity index (χ0) is 18.6. The topological polar surface area (TPSA) is 65.5 Å². The van der Waals surface area contributed by atoms with E-state index in [0.29, 0.717) is 26.1 Å². The maximum atomic E-state index is 13.2. The van der Waals surface area contributed by atoms with Crippen molar-refractivity contribution in [1.29, 1.82) is 0 Å². The van der Waals surface area contributed by atoms with Crippen LogP contribution in [0.1, 0.15) is 44.6 Å². The Hall–Kier alpha value is -2.11. The highest BCUT2D eigenvalue weighted by molar-refractivity contribution is 5.80. The van der Waals surface area contributed by atoms with E-state index in [0.717, 1.165) is 30.9 Å². The minimum atomic E-state index is -0.217. The van der Waals surface area contributed by atoms with Gasteiger partial charge in [0.15, 0.2) is 5.96 Å². The predicted molar refractivity (Wildman–Crippen MR) is 104 cm³/mol. The fraction of sp³-hybridized carbons (Fsp3) is 0.600. The molecule has 2 rings (SSSR count). The van der Waals surface area contributed by atoms with Crippen LogP contribution in [0.3, 0.4) is 0 Å². The normalized spacial score (nSPS) is 15.5. The van der Waals surface area contributed by atoms with E-state index in [1.165, 1.54) is 31.4 Å². The summed E-state index contributed by atoms with van der Waals surface area (Å²) in [5.74, 6) is 0.873. The van der Waals surface area contributed by atoms with Crippen LogP contribution >= 0.6 is 0 Å². The number of rotatable bonds is 8. The summed E-state index contributed by atoms with van der Waals surface area (Å²) < 4.78 is 13.2. The van der Waals surface area contributed by atoms with Gasteiger partial charge in [-0.3, -0.25) is 9.79 Å². The number of hydrogen-bond acceptors (Lipinski definition) is 2. The summed E-state index contributed by atoms with van der Waals surface area (Å²) >= 11 is 0. The van der Waals surface area contributed by atoms with E-state index >= 15 is 0 Å². The average molecular weight is 362 g/mol. The Morgan fingerprint density at radius 3 is 2.65 bits per heavy atom. The molecular weight excluding hydrogens is 331 g/mol. The van der Waals surface area contributed by atoms with E-state index in [1.807, 2.05) is 13.0 Å². The average Bonchev–Trinajstić information content (AvgIpc) is 2.65. The van der Waals surface area contributed by atoms with Crippen molar-refractivity contribution in [2.45, 2.75) is 45.4 Å². The summed E-state index contributed by atoms with van der Waals surface area (Å²) in [7, 11) is 0. The maximum Gasteiger partial charge on any atom is 0.223 e. The molecule has 0 heterocycles. The van der Waals surface area contributed by atoms with Gasteiger partial charge in [0, 0.05) is 32.1 Å². The largest absolute Gasteiger partial charge is 0.357 e. The van der Waals surface area contributed by atoms with Crippen LogP contribution in [0.2, 0.25) is 0 Å². The molecule has 0 unspecified atom stereocenters. The van der Waals surface area contributed by atoms with Crippen LogP contribution in [-0.2, 0) is 11.2 Å². The lowest BCUT2D eigenvalue weighted by Gasteiger charge is -2.21. The van der Waals surface area contributed by atoms with Crippen molar-refractivity contribution in [1.82, 2.24) is 16.0 Å². The maximum absolute atomic E-state index is 13.2. The number of carbonyl (C=O) groups is 1. The van der Waals surface area contributed by atoms with Crippen molar-refractivity contribution >= 4 is 11.9 Å². The Labute approximate surface area is 155 Å². The third-order valence-corrected chi connectivity index (χ3v) is 4.60. The molecule has 1 aliphatic carbocycles. The van der Waals surface area contributed by atoms with Gasteiger partial charge in [0.1, 0.15) is 5.82 Å². The predicted octanol–water partition coefficient (Wildman–Crippen LogP) is 2.62. The van der Waals surface area contributed by atoms with Gasteiger partial charge in [-0.05, 0) is 43.9 Å². The fourth-order valence-electron chi connectivity index (χ4n) is 3.21. The van der Waals surface area contributed by atoms with Crippen LogP contribution < -0.4 is 16.0 Å². The summed E-state index contributed by atoms with van der Waals surface area (Å²) in [6.45, 7) is 4.57. The molecule has 0 saturated heterocycles. The van der Waals surface area contributed by atoms with Crippen molar-refractivity contribution in [3.63, 3.8) is 0 Å². The van der Waals surface area contributed by atoms with Gasteiger partial charge >= 0.3 is 0 Å². The quantitative estimate of drug-likeness (QED) is 0.378. The molecule has 1 amide bonds. The molecule has 1 saturated carbocycles. The third-order valence-electron chi connectivity index (χ3n) is 4.60. The molecular formula is C20H31FN4O. The minimum absolute atomic E-state index is 0.180. The zero-order valence-corrected chi connectivity index (χ0v) is 15.7. The first-order chi connectivity index (χ1) is 12.7. The van der Waals surface area contributed by atoms with Crippen molar-refractivity contribution in [2.75, 3.05) is 26.2 Å². The van der Waals surface area contributed by atoms with E-state index in [9.17, 15) is 9.18 Å². The lowest BCUT2D eigenvalue weighted by Crippen LogP contribution is -2.42. The zero-order valence-electron chi connectivity index (χ0n) is 15.7. The van der Waals surface area contributed by atoms with Crippen LogP contribution in [-0.4, -0.2) is 38.0 Å². The Bertz CT molecular complexity index is 585. The smallest absolute Gasteiger partial charge is 0.223 e. The first-order valence-corrected chi connectivity index (χ1v) is 9.73. The summed E-state index contributed by atoms with van der Waals surface area (Å²) in [5, 5.41) is 9.42. The van der Waals surface area contributed by atoms with Crippen molar-refractivity contribution in [3.05, 3.63) is 35.6 Å². The number of nitrogens with zero attached hydrogens (tertiary/aromatic N) is 1.